The number of amides is 1. The summed E-state index contributed by atoms with van der Waals surface area (Å²) < 4.78 is 12.9. The van der Waals surface area contributed by atoms with Crippen molar-refractivity contribution in [1.82, 2.24) is 4.98 Å². The molecule has 0 unspecified atom stereocenters. The van der Waals surface area contributed by atoms with Crippen LogP contribution in [0.3, 0.4) is 0 Å². The third-order valence-electron chi connectivity index (χ3n) is 4.66. The summed E-state index contributed by atoms with van der Waals surface area (Å²) in [4.78, 5) is 18.9. The Labute approximate surface area is 170 Å². The Kier molecular flexibility index (Phi) is 6.79. The molecule has 6 heteroatoms. The number of rotatable bonds is 8. The Morgan fingerprint density at radius 2 is 1.59 bits per heavy atom. The molecular formula is C23H25FN4O. The van der Waals surface area contributed by atoms with E-state index in [2.05, 4.69) is 34.4 Å². The summed E-state index contributed by atoms with van der Waals surface area (Å²) in [7, 11) is 0. The predicted molar refractivity (Wildman–Crippen MR) is 116 cm³/mol. The van der Waals surface area contributed by atoms with E-state index in [9.17, 15) is 9.18 Å². The molecule has 0 fully saturated rings. The zero-order valence-corrected chi connectivity index (χ0v) is 16.7. The van der Waals surface area contributed by atoms with Crippen molar-refractivity contribution in [3.63, 3.8) is 0 Å². The SMILES string of the molecule is CCN(CC)c1ccc(NC(=O)c2ccc(NCc3ccc(F)cc3)cn2)cc1. The minimum absolute atomic E-state index is 0.256. The normalized spacial score (nSPS) is 10.4. The molecule has 3 rings (SSSR count). The number of benzene rings is 2. The number of nitrogens with zero attached hydrogens (tertiary/aromatic N) is 2. The topological polar surface area (TPSA) is 57.3 Å². The molecule has 0 radical (unpaired) electrons. The van der Waals surface area contributed by atoms with E-state index in [4.69, 9.17) is 0 Å². The first-order valence-electron chi connectivity index (χ1n) is 9.69. The number of carbonyl (C=O) groups is 1. The Hall–Kier alpha value is -3.41. The maximum Gasteiger partial charge on any atom is 0.274 e. The third-order valence-corrected chi connectivity index (χ3v) is 4.66. The van der Waals surface area contributed by atoms with E-state index in [-0.39, 0.29) is 11.7 Å². The number of halogens is 1. The van der Waals surface area contributed by atoms with Crippen molar-refractivity contribution >= 4 is 23.0 Å². The average molecular weight is 392 g/mol. The highest BCUT2D eigenvalue weighted by atomic mass is 19.1. The molecule has 1 amide bonds. The van der Waals surface area contributed by atoms with E-state index in [0.29, 0.717) is 12.2 Å². The molecule has 1 aromatic heterocycles. The second kappa shape index (κ2) is 9.68. The van der Waals surface area contributed by atoms with E-state index >= 15 is 0 Å². The molecule has 0 atom stereocenters. The van der Waals surface area contributed by atoms with Gasteiger partial charge in [0.15, 0.2) is 0 Å². The van der Waals surface area contributed by atoms with Crippen LogP contribution in [0.2, 0.25) is 0 Å². The van der Waals surface area contributed by atoms with Crippen molar-refractivity contribution in [2.24, 2.45) is 0 Å². The van der Waals surface area contributed by atoms with E-state index in [1.54, 1.807) is 30.5 Å². The van der Waals surface area contributed by atoms with Gasteiger partial charge in [-0.2, -0.15) is 0 Å². The van der Waals surface area contributed by atoms with Gasteiger partial charge in [0, 0.05) is 31.0 Å². The van der Waals surface area contributed by atoms with Crippen LogP contribution in [-0.4, -0.2) is 24.0 Å². The van der Waals surface area contributed by atoms with Crippen LogP contribution in [0.15, 0.2) is 66.9 Å². The van der Waals surface area contributed by atoms with E-state index in [1.807, 2.05) is 24.3 Å². The quantitative estimate of drug-likeness (QED) is 0.571. The van der Waals surface area contributed by atoms with Crippen LogP contribution in [0.5, 0.6) is 0 Å². The molecule has 0 saturated carbocycles. The highest BCUT2D eigenvalue weighted by Crippen LogP contribution is 2.18. The van der Waals surface area contributed by atoms with E-state index in [0.717, 1.165) is 35.7 Å². The van der Waals surface area contributed by atoms with Crippen LogP contribution >= 0.6 is 0 Å². The molecule has 1 heterocycles. The lowest BCUT2D eigenvalue weighted by Gasteiger charge is -2.21. The predicted octanol–water partition coefficient (Wildman–Crippen LogP) is 4.93. The summed E-state index contributed by atoms with van der Waals surface area (Å²) in [6, 6.07) is 17.6. The van der Waals surface area contributed by atoms with Crippen LogP contribution in [-0.2, 0) is 6.54 Å². The van der Waals surface area contributed by atoms with Gasteiger partial charge in [0.2, 0.25) is 0 Å². The van der Waals surface area contributed by atoms with Gasteiger partial charge in [0.05, 0.1) is 11.9 Å². The lowest BCUT2D eigenvalue weighted by molar-refractivity contribution is 0.102. The van der Waals surface area contributed by atoms with Crippen molar-refractivity contribution in [1.29, 1.82) is 0 Å². The Morgan fingerprint density at radius 1 is 0.931 bits per heavy atom. The number of hydrogen-bond acceptors (Lipinski definition) is 4. The Bertz CT molecular complexity index is 921. The molecule has 2 aromatic carbocycles. The van der Waals surface area contributed by atoms with Crippen molar-refractivity contribution < 1.29 is 9.18 Å². The maximum absolute atomic E-state index is 12.9. The first-order valence-corrected chi connectivity index (χ1v) is 9.69. The summed E-state index contributed by atoms with van der Waals surface area (Å²) in [5, 5.41) is 6.07. The largest absolute Gasteiger partial charge is 0.380 e. The molecule has 0 aliphatic heterocycles. The molecular weight excluding hydrogens is 367 g/mol. The second-order valence-electron chi connectivity index (χ2n) is 6.59. The average Bonchev–Trinajstić information content (AvgIpc) is 2.76. The summed E-state index contributed by atoms with van der Waals surface area (Å²) in [6.45, 7) is 6.65. The highest BCUT2D eigenvalue weighted by Gasteiger charge is 2.08. The summed E-state index contributed by atoms with van der Waals surface area (Å²) in [5.41, 5.74) is 3.94. The van der Waals surface area contributed by atoms with Gasteiger partial charge in [0.25, 0.3) is 5.91 Å². The molecule has 5 nitrogen and oxygen atoms in total. The van der Waals surface area contributed by atoms with Crippen LogP contribution in [0.4, 0.5) is 21.5 Å². The Balaban J connectivity index is 1.56. The second-order valence-corrected chi connectivity index (χ2v) is 6.59. The van der Waals surface area contributed by atoms with Gasteiger partial charge >= 0.3 is 0 Å². The van der Waals surface area contributed by atoms with Gasteiger partial charge in [-0.25, -0.2) is 9.37 Å². The van der Waals surface area contributed by atoms with E-state index < -0.39 is 0 Å². The standard InChI is InChI=1S/C23H25FN4O/c1-3-28(4-2)21-12-9-19(10-13-21)27-23(29)22-14-11-20(16-26-22)25-15-17-5-7-18(24)8-6-17/h5-14,16,25H,3-4,15H2,1-2H3,(H,27,29). The summed E-state index contributed by atoms with van der Waals surface area (Å²) in [5.74, 6) is -0.515. The minimum atomic E-state index is -0.259. The van der Waals surface area contributed by atoms with Gasteiger partial charge in [-0.15, -0.1) is 0 Å². The minimum Gasteiger partial charge on any atom is -0.380 e. The number of pyridine rings is 1. The van der Waals surface area contributed by atoms with Gasteiger partial charge in [-0.3, -0.25) is 4.79 Å². The Morgan fingerprint density at radius 3 is 2.17 bits per heavy atom. The monoisotopic (exact) mass is 392 g/mol. The number of hydrogen-bond donors (Lipinski definition) is 2. The highest BCUT2D eigenvalue weighted by molar-refractivity contribution is 6.03. The first kappa shape index (κ1) is 20.3. The number of nitrogens with one attached hydrogen (secondary N) is 2. The van der Waals surface area contributed by atoms with Crippen molar-refractivity contribution in [2.45, 2.75) is 20.4 Å². The van der Waals surface area contributed by atoms with Gasteiger partial charge in [0.1, 0.15) is 11.5 Å². The molecule has 3 aromatic rings. The fourth-order valence-corrected chi connectivity index (χ4v) is 2.98. The summed E-state index contributed by atoms with van der Waals surface area (Å²) >= 11 is 0. The smallest absolute Gasteiger partial charge is 0.274 e. The lowest BCUT2D eigenvalue weighted by atomic mass is 10.2. The zero-order valence-electron chi connectivity index (χ0n) is 16.7. The summed E-state index contributed by atoms with van der Waals surface area (Å²) in [6.07, 6.45) is 1.61. The molecule has 0 aliphatic carbocycles. The van der Waals surface area contributed by atoms with Crippen LogP contribution < -0.4 is 15.5 Å². The molecule has 0 bridgehead atoms. The van der Waals surface area contributed by atoms with Crippen molar-refractivity contribution in [2.75, 3.05) is 28.6 Å². The van der Waals surface area contributed by atoms with Gasteiger partial charge in [-0.05, 0) is 67.9 Å². The molecule has 0 spiro atoms. The number of carbonyl (C=O) groups excluding carboxylic acids is 1. The lowest BCUT2D eigenvalue weighted by Crippen LogP contribution is -2.21. The fraction of sp³-hybridized carbons (Fsp3) is 0.217. The molecule has 29 heavy (non-hydrogen) atoms. The maximum atomic E-state index is 12.9. The van der Waals surface area contributed by atoms with Crippen LogP contribution in [0, 0.1) is 5.82 Å². The third kappa shape index (κ3) is 5.54. The van der Waals surface area contributed by atoms with E-state index in [1.165, 1.54) is 12.1 Å². The molecule has 2 N–H and O–H groups in total. The number of anilines is 3. The van der Waals surface area contributed by atoms with Crippen molar-refractivity contribution in [3.05, 3.63) is 83.9 Å². The van der Waals surface area contributed by atoms with Crippen LogP contribution in [0.1, 0.15) is 29.9 Å². The first-order chi connectivity index (χ1) is 14.1. The molecule has 0 saturated heterocycles. The van der Waals surface area contributed by atoms with Gasteiger partial charge in [-0.1, -0.05) is 12.1 Å². The fourth-order valence-electron chi connectivity index (χ4n) is 2.98. The van der Waals surface area contributed by atoms with Crippen LogP contribution in [0.25, 0.3) is 0 Å². The van der Waals surface area contributed by atoms with Crippen molar-refractivity contribution in [3.8, 4) is 0 Å². The molecule has 150 valence electrons. The molecule has 0 aliphatic rings. The zero-order chi connectivity index (χ0) is 20.6. The van der Waals surface area contributed by atoms with Gasteiger partial charge < -0.3 is 15.5 Å². The number of aromatic nitrogens is 1.